The topological polar surface area (TPSA) is 67.9 Å². The van der Waals surface area contributed by atoms with E-state index in [0.717, 1.165) is 0 Å². The molecule has 0 atom stereocenters. The second-order valence-corrected chi connectivity index (χ2v) is 5.62. The van der Waals surface area contributed by atoms with Crippen LogP contribution in [0.3, 0.4) is 0 Å². The molecule has 0 aliphatic heterocycles. The minimum absolute atomic E-state index is 0.0738. The molecule has 0 aromatic rings. The first kappa shape index (κ1) is 19.4. The molecule has 120 valence electrons. The fraction of sp³-hybridized carbons (Fsp3) is 0.900. The Hall–Kier alpha value is -0.630. The Morgan fingerprint density at radius 2 is 1.70 bits per heavy atom. The van der Waals surface area contributed by atoms with Crippen LogP contribution in [0.15, 0.2) is 0 Å². The Morgan fingerprint density at radius 3 is 2.05 bits per heavy atom. The summed E-state index contributed by atoms with van der Waals surface area (Å²) in [5.41, 5.74) is 0. The number of hydrogen-bond acceptors (Lipinski definition) is 4. The molecule has 0 unspecified atom stereocenters. The molecule has 20 heavy (non-hydrogen) atoms. The molecule has 0 saturated carbocycles. The van der Waals surface area contributed by atoms with E-state index in [1.54, 1.807) is 26.1 Å². The number of rotatable bonds is 9. The summed E-state index contributed by atoms with van der Waals surface area (Å²) in [6.07, 6.45) is -4.93. The number of amides is 1. The molecule has 1 N–H and O–H groups in total. The molecule has 0 aromatic heterocycles. The number of carbonyl (C=O) groups excluding carboxylic acids is 1. The van der Waals surface area contributed by atoms with E-state index >= 15 is 0 Å². The molecule has 0 heterocycles. The Labute approximate surface area is 116 Å². The highest BCUT2D eigenvalue weighted by Crippen LogP contribution is 2.51. The Morgan fingerprint density at radius 1 is 1.20 bits per heavy atom. The van der Waals surface area contributed by atoms with E-state index < -0.39 is 19.8 Å². The van der Waals surface area contributed by atoms with Crippen LogP contribution in [0.2, 0.25) is 0 Å². The van der Waals surface area contributed by atoms with Gasteiger partial charge in [-0.05, 0) is 13.8 Å². The molecular weight excluding hydrogens is 300 g/mol. The van der Waals surface area contributed by atoms with Gasteiger partial charge in [-0.3, -0.25) is 13.8 Å². The van der Waals surface area contributed by atoms with Gasteiger partial charge < -0.3 is 5.32 Å². The van der Waals surface area contributed by atoms with Gasteiger partial charge in [-0.1, -0.05) is 6.92 Å². The van der Waals surface area contributed by atoms with Crippen LogP contribution in [0, 0.1) is 0 Å². The monoisotopic (exact) mass is 320 g/mol. The molecular formula is C10H20F3N2O4P. The van der Waals surface area contributed by atoms with Crippen molar-refractivity contribution in [1.82, 2.24) is 9.99 Å². The minimum atomic E-state index is -4.93. The lowest BCUT2D eigenvalue weighted by Gasteiger charge is -2.28. The van der Waals surface area contributed by atoms with Crippen molar-refractivity contribution in [3.63, 3.8) is 0 Å². The highest BCUT2D eigenvalue weighted by atomic mass is 31.2. The van der Waals surface area contributed by atoms with Crippen LogP contribution < -0.4 is 5.32 Å². The molecule has 1 amide bonds. The van der Waals surface area contributed by atoms with Crippen LogP contribution in [0.25, 0.3) is 0 Å². The second-order valence-electron chi connectivity index (χ2n) is 3.60. The SMILES string of the molecule is CCOP(=O)(OCC)N(CC)CCNC(=O)C(F)(F)F. The highest BCUT2D eigenvalue weighted by Gasteiger charge is 2.38. The van der Waals surface area contributed by atoms with E-state index in [-0.39, 0.29) is 32.8 Å². The summed E-state index contributed by atoms with van der Waals surface area (Å²) in [7, 11) is -3.53. The fourth-order valence-electron chi connectivity index (χ4n) is 1.38. The maximum absolute atomic E-state index is 12.4. The van der Waals surface area contributed by atoms with Gasteiger partial charge in [-0.2, -0.15) is 13.2 Å². The van der Waals surface area contributed by atoms with Crippen molar-refractivity contribution in [2.24, 2.45) is 0 Å². The molecule has 6 nitrogen and oxygen atoms in total. The lowest BCUT2D eigenvalue weighted by Crippen LogP contribution is -2.40. The van der Waals surface area contributed by atoms with Crippen molar-refractivity contribution in [1.29, 1.82) is 0 Å². The van der Waals surface area contributed by atoms with Crippen LogP contribution in [-0.2, 0) is 18.4 Å². The maximum Gasteiger partial charge on any atom is 0.471 e. The average molecular weight is 320 g/mol. The van der Waals surface area contributed by atoms with Crippen molar-refractivity contribution in [3.8, 4) is 0 Å². The first-order valence-electron chi connectivity index (χ1n) is 6.20. The number of alkyl halides is 3. The molecule has 0 rings (SSSR count). The van der Waals surface area contributed by atoms with E-state index in [1.807, 2.05) is 0 Å². The first-order valence-corrected chi connectivity index (χ1v) is 7.70. The zero-order valence-corrected chi connectivity index (χ0v) is 12.6. The standard InChI is InChI=1S/C10H20F3N2O4P/c1-4-15(20(17,18-5-2)19-6-3)8-7-14-9(16)10(11,12)13/h4-8H2,1-3H3,(H,14,16). The van der Waals surface area contributed by atoms with Gasteiger partial charge in [-0.25, -0.2) is 9.24 Å². The summed E-state index contributed by atoms with van der Waals surface area (Å²) < 4.78 is 59.8. The maximum atomic E-state index is 12.4. The summed E-state index contributed by atoms with van der Waals surface area (Å²) >= 11 is 0. The lowest BCUT2D eigenvalue weighted by molar-refractivity contribution is -0.173. The molecule has 0 spiro atoms. The van der Waals surface area contributed by atoms with Gasteiger partial charge in [0.25, 0.3) is 0 Å². The van der Waals surface area contributed by atoms with Gasteiger partial charge in [0.1, 0.15) is 0 Å². The third-order valence-electron chi connectivity index (χ3n) is 2.21. The van der Waals surface area contributed by atoms with E-state index in [2.05, 4.69) is 0 Å². The van der Waals surface area contributed by atoms with E-state index in [4.69, 9.17) is 9.05 Å². The predicted molar refractivity (Wildman–Crippen MR) is 67.2 cm³/mol. The van der Waals surface area contributed by atoms with Crippen LogP contribution in [0.1, 0.15) is 20.8 Å². The third kappa shape index (κ3) is 6.21. The van der Waals surface area contributed by atoms with Crippen LogP contribution in [-0.4, -0.2) is 49.6 Å². The minimum Gasteiger partial charge on any atom is -0.347 e. The van der Waals surface area contributed by atoms with Crippen molar-refractivity contribution in [3.05, 3.63) is 0 Å². The summed E-state index contributed by atoms with van der Waals surface area (Å²) in [6.45, 7) is 5.07. The number of likely N-dealkylation sites (N-methyl/N-ethyl adjacent to an activating group) is 1. The van der Waals surface area contributed by atoms with Gasteiger partial charge in [-0.15, -0.1) is 0 Å². The van der Waals surface area contributed by atoms with Gasteiger partial charge in [0, 0.05) is 19.6 Å². The van der Waals surface area contributed by atoms with Crippen molar-refractivity contribution < 1.29 is 31.6 Å². The Kier molecular flexibility index (Phi) is 8.34. The first-order chi connectivity index (χ1) is 9.21. The quantitative estimate of drug-likeness (QED) is 0.660. The van der Waals surface area contributed by atoms with Gasteiger partial charge in [0.05, 0.1) is 13.2 Å². The zero-order valence-electron chi connectivity index (χ0n) is 11.7. The Balaban J connectivity index is 4.53. The van der Waals surface area contributed by atoms with E-state index in [1.165, 1.54) is 4.67 Å². The normalized spacial score (nSPS) is 12.8. The lowest BCUT2D eigenvalue weighted by atomic mass is 10.5. The van der Waals surface area contributed by atoms with E-state index in [0.29, 0.717) is 0 Å². The largest absolute Gasteiger partial charge is 0.471 e. The number of nitrogens with zero attached hydrogens (tertiary/aromatic N) is 1. The number of halogens is 3. The predicted octanol–water partition coefficient (Wildman–Crippen LogP) is 2.17. The molecule has 10 heteroatoms. The number of nitrogens with one attached hydrogen (secondary N) is 1. The molecule has 0 radical (unpaired) electrons. The van der Waals surface area contributed by atoms with E-state index in [9.17, 15) is 22.5 Å². The smallest absolute Gasteiger partial charge is 0.347 e. The molecule has 0 bridgehead atoms. The molecule has 0 aromatic carbocycles. The summed E-state index contributed by atoms with van der Waals surface area (Å²) in [6, 6.07) is 0. The zero-order chi connectivity index (χ0) is 15.8. The van der Waals surface area contributed by atoms with Gasteiger partial charge in [0.15, 0.2) is 0 Å². The summed E-state index contributed by atoms with van der Waals surface area (Å²) in [4.78, 5) is 10.6. The second kappa shape index (κ2) is 8.61. The van der Waals surface area contributed by atoms with Crippen LogP contribution >= 0.6 is 7.75 Å². The number of hydrogen-bond donors (Lipinski definition) is 1. The molecule has 0 saturated heterocycles. The molecule has 0 aliphatic carbocycles. The highest BCUT2D eigenvalue weighted by molar-refractivity contribution is 7.51. The molecule has 0 aliphatic rings. The summed E-state index contributed by atoms with van der Waals surface area (Å²) in [5, 5.41) is 1.71. The van der Waals surface area contributed by atoms with Crippen molar-refractivity contribution in [2.45, 2.75) is 26.9 Å². The molecule has 0 fully saturated rings. The van der Waals surface area contributed by atoms with Crippen LogP contribution in [0.4, 0.5) is 13.2 Å². The fourth-order valence-corrected chi connectivity index (χ4v) is 3.12. The Bertz CT molecular complexity index is 342. The van der Waals surface area contributed by atoms with Crippen LogP contribution in [0.5, 0.6) is 0 Å². The van der Waals surface area contributed by atoms with Gasteiger partial charge in [0.2, 0.25) is 0 Å². The van der Waals surface area contributed by atoms with Crippen molar-refractivity contribution >= 4 is 13.7 Å². The van der Waals surface area contributed by atoms with Gasteiger partial charge >= 0.3 is 19.8 Å². The summed E-state index contributed by atoms with van der Waals surface area (Å²) in [5.74, 6) is -2.03. The average Bonchev–Trinajstić information content (AvgIpc) is 2.33. The van der Waals surface area contributed by atoms with Crippen molar-refractivity contribution in [2.75, 3.05) is 32.8 Å². The third-order valence-corrected chi connectivity index (χ3v) is 4.55. The number of carbonyl (C=O) groups is 1.